The van der Waals surface area contributed by atoms with Gasteiger partial charge in [-0.3, -0.25) is 14.4 Å². The molecule has 0 fully saturated rings. The summed E-state index contributed by atoms with van der Waals surface area (Å²) in [6.07, 6.45) is 0.104. The van der Waals surface area contributed by atoms with E-state index in [-0.39, 0.29) is 30.9 Å². The van der Waals surface area contributed by atoms with Gasteiger partial charge in [0.25, 0.3) is 5.91 Å². The second-order valence-electron chi connectivity index (χ2n) is 5.11. The first-order valence-corrected chi connectivity index (χ1v) is 7.37. The van der Waals surface area contributed by atoms with Crippen LogP contribution in [0.1, 0.15) is 30.9 Å². The molecule has 0 radical (unpaired) electrons. The fraction of sp³-hybridized carbons (Fsp3) is 0.333. The van der Waals surface area contributed by atoms with Crippen LogP contribution < -0.4 is 5.32 Å². The number of carboxylic acids is 1. The van der Waals surface area contributed by atoms with Crippen LogP contribution >= 0.6 is 11.6 Å². The van der Waals surface area contributed by atoms with Crippen LogP contribution in [0.2, 0.25) is 5.02 Å². The van der Waals surface area contributed by atoms with Gasteiger partial charge in [-0.25, -0.2) is 5.01 Å². The maximum absolute atomic E-state index is 12.3. The van der Waals surface area contributed by atoms with Crippen molar-refractivity contribution in [1.29, 1.82) is 0 Å². The number of carbonyl (C=O) groups excluding carboxylic acids is 2. The number of nitrogens with zero attached hydrogens (tertiary/aromatic N) is 2. The Morgan fingerprint density at radius 1 is 1.39 bits per heavy atom. The van der Waals surface area contributed by atoms with Crippen LogP contribution in [-0.2, 0) is 14.4 Å². The van der Waals surface area contributed by atoms with Crippen LogP contribution in [0.25, 0.3) is 0 Å². The minimum atomic E-state index is -1.06. The Hall–Kier alpha value is -2.41. The van der Waals surface area contributed by atoms with Gasteiger partial charge in [0, 0.05) is 24.9 Å². The Bertz CT molecular complexity index is 674. The molecule has 1 atom stereocenters. The van der Waals surface area contributed by atoms with Gasteiger partial charge in [0.1, 0.15) is 5.71 Å². The zero-order valence-corrected chi connectivity index (χ0v) is 13.2. The molecule has 1 aliphatic rings. The lowest BCUT2D eigenvalue weighted by molar-refractivity contribution is -0.137. The topological polar surface area (TPSA) is 99.1 Å². The van der Waals surface area contributed by atoms with Crippen molar-refractivity contribution in [2.45, 2.75) is 25.3 Å². The first-order chi connectivity index (χ1) is 10.9. The van der Waals surface area contributed by atoms with Crippen molar-refractivity contribution in [3.63, 3.8) is 0 Å². The van der Waals surface area contributed by atoms with Gasteiger partial charge < -0.3 is 10.4 Å². The standard InChI is InChI=1S/C15H16ClN3O4/c1-19-13(20)7-6-11(18-19)15(23)17-12(8-14(21)22)9-4-2-3-5-10(9)16/h2-5,12H,6-8H2,1H3,(H,17,23)(H,21,22)/t12-/m1/s1. The highest BCUT2D eigenvalue weighted by atomic mass is 35.5. The van der Waals surface area contributed by atoms with Gasteiger partial charge >= 0.3 is 5.97 Å². The quantitative estimate of drug-likeness (QED) is 0.852. The number of benzene rings is 1. The highest BCUT2D eigenvalue weighted by Crippen LogP contribution is 2.25. The molecule has 1 aliphatic heterocycles. The van der Waals surface area contributed by atoms with E-state index in [0.717, 1.165) is 5.01 Å². The van der Waals surface area contributed by atoms with Crippen molar-refractivity contribution < 1.29 is 19.5 Å². The number of aliphatic carboxylic acids is 1. The molecule has 0 aromatic heterocycles. The van der Waals surface area contributed by atoms with Crippen molar-refractivity contribution in [1.82, 2.24) is 10.3 Å². The minimum absolute atomic E-state index is 0.172. The van der Waals surface area contributed by atoms with E-state index >= 15 is 0 Å². The predicted octanol–water partition coefficient (Wildman–Crippen LogP) is 1.58. The summed E-state index contributed by atoms with van der Waals surface area (Å²) in [5, 5.41) is 17.1. The molecule has 1 aromatic carbocycles. The lowest BCUT2D eigenvalue weighted by Crippen LogP contribution is -2.39. The van der Waals surface area contributed by atoms with E-state index in [1.807, 2.05) is 0 Å². The number of hydrogen-bond acceptors (Lipinski definition) is 4. The number of rotatable bonds is 5. The van der Waals surface area contributed by atoms with E-state index in [9.17, 15) is 14.4 Å². The summed E-state index contributed by atoms with van der Waals surface area (Å²) in [6.45, 7) is 0. The number of nitrogens with one attached hydrogen (secondary N) is 1. The Morgan fingerprint density at radius 2 is 2.09 bits per heavy atom. The third kappa shape index (κ3) is 4.29. The zero-order chi connectivity index (χ0) is 17.0. The molecule has 23 heavy (non-hydrogen) atoms. The summed E-state index contributed by atoms with van der Waals surface area (Å²) in [7, 11) is 1.47. The summed E-state index contributed by atoms with van der Waals surface area (Å²) in [4.78, 5) is 34.8. The summed E-state index contributed by atoms with van der Waals surface area (Å²) < 4.78 is 0. The monoisotopic (exact) mass is 337 g/mol. The second-order valence-corrected chi connectivity index (χ2v) is 5.52. The van der Waals surface area contributed by atoms with E-state index < -0.39 is 17.9 Å². The van der Waals surface area contributed by atoms with Crippen molar-refractivity contribution in [3.8, 4) is 0 Å². The summed E-state index contributed by atoms with van der Waals surface area (Å²) >= 11 is 6.09. The van der Waals surface area contributed by atoms with Gasteiger partial charge in [-0.1, -0.05) is 29.8 Å². The molecule has 0 unspecified atom stereocenters. The Morgan fingerprint density at radius 3 is 2.70 bits per heavy atom. The molecular formula is C15H16ClN3O4. The SMILES string of the molecule is CN1N=C(C(=O)N[C@H](CC(=O)O)c2ccccc2Cl)CCC1=O. The predicted molar refractivity (Wildman–Crippen MR) is 84.0 cm³/mol. The van der Waals surface area contributed by atoms with Crippen molar-refractivity contribution in [3.05, 3.63) is 34.9 Å². The molecule has 8 heteroatoms. The fourth-order valence-corrected chi connectivity index (χ4v) is 2.51. The average Bonchev–Trinajstić information content (AvgIpc) is 2.49. The molecule has 2 rings (SSSR count). The maximum Gasteiger partial charge on any atom is 0.305 e. The minimum Gasteiger partial charge on any atom is -0.481 e. The van der Waals surface area contributed by atoms with Crippen molar-refractivity contribution in [2.24, 2.45) is 5.10 Å². The molecule has 1 aromatic rings. The van der Waals surface area contributed by atoms with Gasteiger partial charge in [0.15, 0.2) is 0 Å². The Kier molecular flexibility index (Phi) is 5.33. The molecule has 0 aliphatic carbocycles. The van der Waals surface area contributed by atoms with Gasteiger partial charge in [0.05, 0.1) is 12.5 Å². The maximum atomic E-state index is 12.3. The fourth-order valence-electron chi connectivity index (χ4n) is 2.25. The summed E-state index contributed by atoms with van der Waals surface area (Å²) in [5.41, 5.74) is 0.709. The highest BCUT2D eigenvalue weighted by Gasteiger charge is 2.26. The lowest BCUT2D eigenvalue weighted by atomic mass is 10.0. The number of hydrazone groups is 1. The molecule has 0 saturated carbocycles. The van der Waals surface area contributed by atoms with E-state index in [1.54, 1.807) is 24.3 Å². The smallest absolute Gasteiger partial charge is 0.305 e. The molecule has 0 spiro atoms. The number of hydrogen-bond donors (Lipinski definition) is 2. The molecule has 2 N–H and O–H groups in total. The van der Waals surface area contributed by atoms with Crippen LogP contribution in [0, 0.1) is 0 Å². The van der Waals surface area contributed by atoms with Gasteiger partial charge in [-0.05, 0) is 11.6 Å². The lowest BCUT2D eigenvalue weighted by Gasteiger charge is -2.22. The van der Waals surface area contributed by atoms with Crippen molar-refractivity contribution in [2.75, 3.05) is 7.05 Å². The summed E-state index contributed by atoms with van der Waals surface area (Å²) in [6, 6.07) is 5.94. The summed E-state index contributed by atoms with van der Waals surface area (Å²) in [5.74, 6) is -1.74. The number of carbonyl (C=O) groups is 3. The van der Waals surface area contributed by atoms with Crippen LogP contribution in [-0.4, -0.2) is 40.7 Å². The molecule has 0 bridgehead atoms. The van der Waals surface area contributed by atoms with Gasteiger partial charge in [-0.2, -0.15) is 5.10 Å². The van der Waals surface area contributed by atoms with E-state index in [4.69, 9.17) is 16.7 Å². The third-order valence-corrected chi connectivity index (χ3v) is 3.78. The van der Waals surface area contributed by atoms with Crippen LogP contribution in [0.5, 0.6) is 0 Å². The third-order valence-electron chi connectivity index (χ3n) is 3.43. The molecule has 1 heterocycles. The molecule has 7 nitrogen and oxygen atoms in total. The highest BCUT2D eigenvalue weighted by molar-refractivity contribution is 6.39. The largest absolute Gasteiger partial charge is 0.481 e. The number of halogens is 1. The molecule has 122 valence electrons. The second kappa shape index (κ2) is 7.23. The molecule has 2 amide bonds. The average molecular weight is 338 g/mol. The van der Waals surface area contributed by atoms with Gasteiger partial charge in [0.2, 0.25) is 5.91 Å². The first kappa shape index (κ1) is 17.0. The molecule has 0 saturated heterocycles. The van der Waals surface area contributed by atoms with Crippen LogP contribution in [0.4, 0.5) is 0 Å². The zero-order valence-electron chi connectivity index (χ0n) is 12.5. The van der Waals surface area contributed by atoms with Gasteiger partial charge in [-0.15, -0.1) is 0 Å². The first-order valence-electron chi connectivity index (χ1n) is 6.99. The van der Waals surface area contributed by atoms with Crippen molar-refractivity contribution >= 4 is 35.1 Å². The normalized spacial score (nSPS) is 15.8. The number of carboxylic acid groups (broad SMARTS) is 1. The van der Waals surface area contributed by atoms with E-state index in [2.05, 4.69) is 10.4 Å². The Balaban J connectivity index is 2.20. The molecular weight excluding hydrogens is 322 g/mol. The Labute approximate surface area is 137 Å². The number of amides is 2. The van der Waals surface area contributed by atoms with Crippen LogP contribution in [0.15, 0.2) is 29.4 Å². The van der Waals surface area contributed by atoms with Crippen LogP contribution in [0.3, 0.4) is 0 Å². The van der Waals surface area contributed by atoms with E-state index in [1.165, 1.54) is 7.05 Å². The van der Waals surface area contributed by atoms with E-state index in [0.29, 0.717) is 10.6 Å².